The topological polar surface area (TPSA) is 122 Å². The third-order valence-electron chi connectivity index (χ3n) is 9.80. The maximum Gasteiger partial charge on any atom is 0.342 e. The van der Waals surface area contributed by atoms with E-state index < -0.39 is 16.0 Å². The minimum absolute atomic E-state index is 0.0145. The van der Waals surface area contributed by atoms with Gasteiger partial charge in [0.05, 0.1) is 19.1 Å². The predicted octanol–water partition coefficient (Wildman–Crippen LogP) is 4.26. The molecule has 2 N–H and O–H groups in total. The minimum Gasteiger partial charge on any atom is -0.493 e. The Kier molecular flexibility index (Phi) is 6.67. The zero-order valence-corrected chi connectivity index (χ0v) is 22.8. The number of esters is 1. The van der Waals surface area contributed by atoms with E-state index >= 15 is 0 Å². The fraction of sp³-hybridized carbons (Fsp3) is 0.643. The third kappa shape index (κ3) is 4.38. The van der Waals surface area contributed by atoms with E-state index in [1.807, 2.05) is 6.08 Å². The van der Waals surface area contributed by atoms with Crippen LogP contribution in [0.25, 0.3) is 0 Å². The highest BCUT2D eigenvalue weighted by Crippen LogP contribution is 2.63. The highest BCUT2D eigenvalue weighted by molar-refractivity contribution is 7.89. The summed E-state index contributed by atoms with van der Waals surface area (Å²) in [7, 11) is -1.31. The van der Waals surface area contributed by atoms with Crippen molar-refractivity contribution >= 4 is 21.8 Å². The number of methoxy groups -OCH3 is 2. The van der Waals surface area contributed by atoms with E-state index in [0.29, 0.717) is 36.0 Å². The molecule has 4 aliphatic carbocycles. The molecule has 0 spiro atoms. The molecule has 37 heavy (non-hydrogen) atoms. The van der Waals surface area contributed by atoms with Crippen LogP contribution < -0.4 is 14.6 Å². The van der Waals surface area contributed by atoms with Crippen LogP contribution in [0.15, 0.2) is 28.7 Å². The van der Waals surface area contributed by atoms with Crippen molar-refractivity contribution in [3.63, 3.8) is 0 Å². The van der Waals surface area contributed by atoms with Gasteiger partial charge in [-0.15, -0.1) is 0 Å². The van der Waals surface area contributed by atoms with Gasteiger partial charge in [0.2, 0.25) is 10.0 Å². The van der Waals surface area contributed by atoms with Gasteiger partial charge in [-0.25, -0.2) is 18.4 Å². The quantitative estimate of drug-likeness (QED) is 0.563. The Morgan fingerprint density at radius 3 is 2.54 bits per heavy atom. The van der Waals surface area contributed by atoms with Crippen molar-refractivity contribution in [1.29, 1.82) is 0 Å². The average Bonchev–Trinajstić information content (AvgIpc) is 3.17. The summed E-state index contributed by atoms with van der Waals surface area (Å²) >= 11 is 0. The molecule has 5 rings (SSSR count). The molecule has 0 radical (unpaired) electrons. The summed E-state index contributed by atoms with van der Waals surface area (Å²) in [5.74, 6) is 2.38. The molecule has 0 heterocycles. The maximum absolute atomic E-state index is 13.5. The molecule has 8 nitrogen and oxygen atoms in total. The molecule has 4 aliphatic rings. The second kappa shape index (κ2) is 9.42. The van der Waals surface area contributed by atoms with Gasteiger partial charge in [0.25, 0.3) is 0 Å². The average molecular weight is 532 g/mol. The van der Waals surface area contributed by atoms with Gasteiger partial charge in [-0.2, -0.15) is 0 Å². The molecule has 4 unspecified atom stereocenters. The Morgan fingerprint density at radius 1 is 1.11 bits per heavy atom. The number of carbonyl (C=O) groups excluding carboxylic acids is 2. The molecule has 0 aromatic heterocycles. The number of ether oxygens (including phenoxy) is 3. The highest BCUT2D eigenvalue weighted by Gasteiger charge is 2.59. The van der Waals surface area contributed by atoms with Gasteiger partial charge < -0.3 is 14.2 Å². The fourth-order valence-corrected chi connectivity index (χ4v) is 8.74. The number of hydrogen-bond donors (Lipinski definition) is 1. The zero-order valence-electron chi connectivity index (χ0n) is 22.0. The Morgan fingerprint density at radius 2 is 1.86 bits per heavy atom. The lowest BCUT2D eigenvalue weighted by Crippen LogP contribution is -2.50. The highest BCUT2D eigenvalue weighted by atomic mass is 32.2. The Labute approximate surface area is 219 Å². The summed E-state index contributed by atoms with van der Waals surface area (Å²) in [4.78, 5) is 25.3. The van der Waals surface area contributed by atoms with Crippen molar-refractivity contribution in [2.75, 3.05) is 14.2 Å². The van der Waals surface area contributed by atoms with Gasteiger partial charge >= 0.3 is 5.97 Å². The molecule has 7 atom stereocenters. The first-order valence-electron chi connectivity index (χ1n) is 13.2. The van der Waals surface area contributed by atoms with Crippen molar-refractivity contribution in [2.45, 2.75) is 69.8 Å². The summed E-state index contributed by atoms with van der Waals surface area (Å²) in [6.07, 6.45) is 8.00. The van der Waals surface area contributed by atoms with Gasteiger partial charge in [0, 0.05) is 17.9 Å². The number of allylic oxidation sites excluding steroid dienone is 1. The molecule has 1 aromatic rings. The van der Waals surface area contributed by atoms with Crippen LogP contribution in [0.3, 0.4) is 0 Å². The zero-order chi connectivity index (χ0) is 26.7. The Balaban J connectivity index is 1.41. The number of primary sulfonamides is 1. The molecule has 9 heteroatoms. The molecule has 3 fully saturated rings. The number of sulfonamides is 1. The van der Waals surface area contributed by atoms with E-state index in [1.165, 1.54) is 31.9 Å². The molecule has 0 bridgehead atoms. The van der Waals surface area contributed by atoms with Gasteiger partial charge in [0.1, 0.15) is 11.7 Å². The molecule has 1 aromatic carbocycles. The number of fused-ring (bicyclic) bond motifs is 5. The third-order valence-corrected chi connectivity index (χ3v) is 10.7. The first kappa shape index (κ1) is 26.2. The van der Waals surface area contributed by atoms with E-state index in [-0.39, 0.29) is 39.3 Å². The number of hydrogen-bond acceptors (Lipinski definition) is 7. The van der Waals surface area contributed by atoms with Gasteiger partial charge in [-0.3, -0.25) is 4.79 Å². The molecular formula is C28H37NO7S. The largest absolute Gasteiger partial charge is 0.493 e. The lowest BCUT2D eigenvalue weighted by Gasteiger charge is -2.55. The van der Waals surface area contributed by atoms with E-state index in [1.54, 1.807) is 0 Å². The fourth-order valence-electron chi connectivity index (χ4n) is 8.18. The molecule has 0 aliphatic heterocycles. The van der Waals surface area contributed by atoms with Gasteiger partial charge in [0.15, 0.2) is 17.3 Å². The molecular weight excluding hydrogens is 494 g/mol. The summed E-state index contributed by atoms with van der Waals surface area (Å²) in [6, 6.07) is 2.44. The molecule has 202 valence electrons. The van der Waals surface area contributed by atoms with Crippen molar-refractivity contribution in [3.8, 4) is 11.5 Å². The Bertz CT molecular complexity index is 1260. The summed E-state index contributed by atoms with van der Waals surface area (Å²) in [5.41, 5.74) is 1.18. The first-order chi connectivity index (χ1) is 17.5. The molecule has 0 saturated heterocycles. The van der Waals surface area contributed by atoms with Crippen molar-refractivity contribution in [3.05, 3.63) is 29.3 Å². The molecule has 0 amide bonds. The van der Waals surface area contributed by atoms with Crippen molar-refractivity contribution in [1.82, 2.24) is 0 Å². The minimum atomic E-state index is -4.08. The lowest BCUT2D eigenvalue weighted by atomic mass is 9.49. The predicted molar refractivity (Wildman–Crippen MR) is 137 cm³/mol. The SMILES string of the molecule is COc1cc(S(N)(=O)=O)cc(C(=O)O[C@H]2CCC3C4C(CC[C@@]32C)C2CCC(=O)C=C2C[C@H]4C)c1OC. The number of carbonyl (C=O) groups is 2. The van der Waals surface area contributed by atoms with E-state index in [2.05, 4.69) is 13.8 Å². The van der Waals surface area contributed by atoms with E-state index in [9.17, 15) is 18.0 Å². The summed E-state index contributed by atoms with van der Waals surface area (Å²) in [5, 5.41) is 5.34. The van der Waals surface area contributed by atoms with E-state index in [0.717, 1.165) is 38.5 Å². The molecule has 3 saturated carbocycles. The summed E-state index contributed by atoms with van der Waals surface area (Å²) in [6.45, 7) is 4.56. The lowest BCUT2D eigenvalue weighted by molar-refractivity contribution is -0.116. The van der Waals surface area contributed by atoms with Crippen LogP contribution in [0.4, 0.5) is 0 Å². The first-order valence-corrected chi connectivity index (χ1v) is 14.8. The Hall–Kier alpha value is -2.39. The van der Waals surface area contributed by atoms with Crippen LogP contribution >= 0.6 is 0 Å². The number of ketones is 1. The van der Waals surface area contributed by atoms with Crippen molar-refractivity contribution < 1.29 is 32.2 Å². The van der Waals surface area contributed by atoms with Crippen molar-refractivity contribution in [2.24, 2.45) is 40.1 Å². The van der Waals surface area contributed by atoms with Gasteiger partial charge in [-0.1, -0.05) is 19.4 Å². The van der Waals surface area contributed by atoms with E-state index in [4.69, 9.17) is 19.3 Å². The standard InChI is InChI=1S/C28H37NO7S/c1-15-11-16-12-17(30)5-6-19(16)20-9-10-28(2)22(25(15)20)7-8-24(28)36-27(31)21-13-18(37(29,32)33)14-23(34-3)26(21)35-4/h12-15,19-20,22,24-25H,5-11H2,1-4H3,(H2,29,32,33)/t15-,19?,20?,22?,24+,25?,28+/m1/s1. The number of benzene rings is 1. The maximum atomic E-state index is 13.5. The smallest absolute Gasteiger partial charge is 0.342 e. The summed E-state index contributed by atoms with van der Waals surface area (Å²) < 4.78 is 40.9. The van der Waals surface area contributed by atoms with Crippen LogP contribution in [0.2, 0.25) is 0 Å². The second-order valence-electron chi connectivity index (χ2n) is 11.6. The van der Waals surface area contributed by atoms with Gasteiger partial charge in [-0.05, 0) is 80.3 Å². The second-order valence-corrected chi connectivity index (χ2v) is 13.2. The number of nitrogens with two attached hydrogens (primary N) is 1. The monoisotopic (exact) mass is 531 g/mol. The van der Waals surface area contributed by atoms with Crippen LogP contribution in [-0.2, 0) is 19.6 Å². The van der Waals surface area contributed by atoms with Crippen LogP contribution in [0, 0.1) is 35.0 Å². The normalized spacial score (nSPS) is 35.1. The number of rotatable bonds is 5. The van der Waals surface area contributed by atoms with Crippen LogP contribution in [-0.4, -0.2) is 40.5 Å². The van der Waals surface area contributed by atoms with Crippen LogP contribution in [0.5, 0.6) is 11.5 Å². The van der Waals surface area contributed by atoms with Crippen LogP contribution in [0.1, 0.15) is 69.2 Å².